The first-order valence-corrected chi connectivity index (χ1v) is 8.31. The maximum atomic E-state index is 6.35. The molecule has 5 heteroatoms. The average Bonchev–Trinajstić information content (AvgIpc) is 2.39. The van der Waals surface area contributed by atoms with Gasteiger partial charge < -0.3 is 15.0 Å². The average molecular weight is 355 g/mol. The normalized spacial score (nSPS) is 27.6. The van der Waals surface area contributed by atoms with Gasteiger partial charge in [-0.3, -0.25) is 0 Å². The summed E-state index contributed by atoms with van der Waals surface area (Å²) in [4.78, 5) is 2.20. The number of benzene rings is 1. The van der Waals surface area contributed by atoms with Crippen molar-refractivity contribution in [1.29, 1.82) is 0 Å². The predicted molar refractivity (Wildman–Crippen MR) is 87.9 cm³/mol. The summed E-state index contributed by atoms with van der Waals surface area (Å²) in [5.74, 6) is 0.947. The van der Waals surface area contributed by atoms with Crippen LogP contribution in [0.3, 0.4) is 0 Å². The number of ether oxygens (including phenoxy) is 1. The molecule has 1 aromatic carbocycles. The number of nitrogens with one attached hydrogen (secondary N) is 1. The Morgan fingerprint density at radius 3 is 3.10 bits per heavy atom. The fourth-order valence-electron chi connectivity index (χ4n) is 3.05. The fraction of sp³-hybridized carbons (Fsp3) is 0.533. The molecule has 3 nitrogen and oxygen atoms in total. The van der Waals surface area contributed by atoms with E-state index in [1.165, 1.54) is 5.56 Å². The van der Waals surface area contributed by atoms with Gasteiger partial charge in [-0.1, -0.05) is 25.5 Å². The maximum Gasteiger partial charge on any atom is 0.184 e. The van der Waals surface area contributed by atoms with E-state index in [0.717, 1.165) is 41.1 Å². The lowest BCUT2D eigenvalue weighted by molar-refractivity contribution is -0.0690. The van der Waals surface area contributed by atoms with Crippen molar-refractivity contribution in [2.24, 2.45) is 0 Å². The van der Waals surface area contributed by atoms with Crippen molar-refractivity contribution in [2.45, 2.75) is 44.9 Å². The van der Waals surface area contributed by atoms with E-state index in [-0.39, 0.29) is 11.8 Å². The third-order valence-corrected chi connectivity index (χ3v) is 5.09. The summed E-state index contributed by atoms with van der Waals surface area (Å²) in [6, 6.07) is 6.43. The van der Waals surface area contributed by atoms with E-state index in [1.807, 2.05) is 12.1 Å². The van der Waals surface area contributed by atoms with E-state index in [1.54, 1.807) is 0 Å². The summed E-state index contributed by atoms with van der Waals surface area (Å²) in [6.45, 7) is 5.27. The Morgan fingerprint density at radius 1 is 1.55 bits per heavy atom. The lowest BCUT2D eigenvalue weighted by Gasteiger charge is -2.52. The van der Waals surface area contributed by atoms with Gasteiger partial charge in [-0.15, -0.1) is 0 Å². The molecule has 2 aliphatic heterocycles. The topological polar surface area (TPSA) is 24.5 Å². The summed E-state index contributed by atoms with van der Waals surface area (Å²) < 4.78 is 7.36. The van der Waals surface area contributed by atoms with Gasteiger partial charge in [0.2, 0.25) is 0 Å². The molecule has 20 heavy (non-hydrogen) atoms. The fourth-order valence-corrected chi connectivity index (χ4v) is 3.94. The van der Waals surface area contributed by atoms with Crippen molar-refractivity contribution < 1.29 is 4.74 Å². The number of thiocarbonyl (C=S) groups is 1. The quantitative estimate of drug-likeness (QED) is 0.829. The van der Waals surface area contributed by atoms with Gasteiger partial charge in [-0.25, -0.2) is 0 Å². The third-order valence-electron chi connectivity index (χ3n) is 4.13. The molecule has 108 valence electrons. The highest BCUT2D eigenvalue weighted by Gasteiger charge is 2.47. The monoisotopic (exact) mass is 354 g/mol. The van der Waals surface area contributed by atoms with E-state index >= 15 is 0 Å². The first-order chi connectivity index (χ1) is 9.55. The Balaban J connectivity index is 1.98. The smallest absolute Gasteiger partial charge is 0.184 e. The number of fused-ring (bicyclic) bond motifs is 4. The van der Waals surface area contributed by atoms with E-state index < -0.39 is 0 Å². The molecule has 2 bridgehead atoms. The van der Waals surface area contributed by atoms with Crippen LogP contribution in [0.2, 0.25) is 0 Å². The van der Waals surface area contributed by atoms with Crippen molar-refractivity contribution in [2.75, 3.05) is 6.54 Å². The molecule has 2 unspecified atom stereocenters. The second kappa shape index (κ2) is 5.19. The Kier molecular flexibility index (Phi) is 3.67. The predicted octanol–water partition coefficient (Wildman–Crippen LogP) is 3.98. The van der Waals surface area contributed by atoms with E-state index in [9.17, 15) is 0 Å². The molecule has 0 aliphatic carbocycles. The number of para-hydroxylation sites is 1. The SMILES string of the molecule is CCCCN1C(=S)NC2CC1(C)Oc1c(Br)cccc12. The van der Waals surface area contributed by atoms with Crippen molar-refractivity contribution in [3.8, 4) is 5.75 Å². The van der Waals surface area contributed by atoms with Crippen molar-refractivity contribution in [1.82, 2.24) is 10.2 Å². The van der Waals surface area contributed by atoms with Gasteiger partial charge in [0.1, 0.15) is 5.75 Å². The van der Waals surface area contributed by atoms with E-state index in [2.05, 4.69) is 46.1 Å². The molecule has 1 aromatic rings. The lowest BCUT2D eigenvalue weighted by atomic mass is 9.90. The molecule has 0 amide bonds. The van der Waals surface area contributed by atoms with Gasteiger partial charge in [0, 0.05) is 18.5 Å². The summed E-state index contributed by atoms with van der Waals surface area (Å²) in [5, 5.41) is 4.28. The van der Waals surface area contributed by atoms with Crippen molar-refractivity contribution in [3.05, 3.63) is 28.2 Å². The Hall–Kier alpha value is -0.810. The largest absolute Gasteiger partial charge is 0.467 e. The minimum atomic E-state index is -0.348. The zero-order valence-corrected chi connectivity index (χ0v) is 14.2. The Labute approximate surface area is 133 Å². The molecule has 2 heterocycles. The summed E-state index contributed by atoms with van der Waals surface area (Å²) in [5.41, 5.74) is 0.841. The highest BCUT2D eigenvalue weighted by atomic mass is 79.9. The number of nitrogens with zero attached hydrogens (tertiary/aromatic N) is 1. The molecule has 1 fully saturated rings. The molecule has 3 rings (SSSR count). The zero-order chi connectivity index (χ0) is 14.3. The van der Waals surface area contributed by atoms with Gasteiger partial charge in [-0.2, -0.15) is 0 Å². The van der Waals surface area contributed by atoms with Crippen LogP contribution in [0.5, 0.6) is 5.75 Å². The van der Waals surface area contributed by atoms with Gasteiger partial charge in [-0.05, 0) is 47.6 Å². The molecule has 1 N–H and O–H groups in total. The van der Waals surface area contributed by atoms with Crippen LogP contribution in [0.1, 0.15) is 44.7 Å². The second-order valence-electron chi connectivity index (χ2n) is 5.65. The molecule has 0 aromatic heterocycles. The zero-order valence-electron chi connectivity index (χ0n) is 11.8. The van der Waals surface area contributed by atoms with Crippen LogP contribution in [0.15, 0.2) is 22.7 Å². The van der Waals surface area contributed by atoms with Gasteiger partial charge in [0.05, 0.1) is 10.5 Å². The number of rotatable bonds is 3. The van der Waals surface area contributed by atoms with Crippen LogP contribution in [-0.2, 0) is 0 Å². The van der Waals surface area contributed by atoms with Crippen LogP contribution in [0.25, 0.3) is 0 Å². The molecule has 2 atom stereocenters. The van der Waals surface area contributed by atoms with Gasteiger partial charge in [0.25, 0.3) is 0 Å². The molecule has 0 radical (unpaired) electrons. The number of hydrogen-bond donors (Lipinski definition) is 1. The summed E-state index contributed by atoms with van der Waals surface area (Å²) >= 11 is 9.15. The molecular weight excluding hydrogens is 336 g/mol. The van der Waals surface area contributed by atoms with Gasteiger partial charge in [0.15, 0.2) is 10.8 Å². The van der Waals surface area contributed by atoms with Crippen LogP contribution < -0.4 is 10.1 Å². The number of halogens is 1. The highest BCUT2D eigenvalue weighted by molar-refractivity contribution is 9.10. The van der Waals surface area contributed by atoms with Crippen LogP contribution in [0, 0.1) is 0 Å². The minimum absolute atomic E-state index is 0.242. The summed E-state index contributed by atoms with van der Waals surface area (Å²) in [6.07, 6.45) is 3.19. The highest BCUT2D eigenvalue weighted by Crippen LogP contribution is 2.46. The van der Waals surface area contributed by atoms with Crippen molar-refractivity contribution >= 4 is 33.3 Å². The molecule has 1 saturated heterocycles. The lowest BCUT2D eigenvalue weighted by Crippen LogP contribution is -2.64. The van der Waals surface area contributed by atoms with Gasteiger partial charge >= 0.3 is 0 Å². The van der Waals surface area contributed by atoms with E-state index in [4.69, 9.17) is 17.0 Å². The molecule has 0 saturated carbocycles. The van der Waals surface area contributed by atoms with Crippen molar-refractivity contribution in [3.63, 3.8) is 0 Å². The standard InChI is InChI=1S/C15H19BrN2OS/c1-3-4-8-18-14(20)17-12-9-15(18,2)19-13-10(12)6-5-7-11(13)16/h5-7,12H,3-4,8-9H2,1-2H3,(H,17,20). The Morgan fingerprint density at radius 2 is 2.35 bits per heavy atom. The van der Waals surface area contributed by atoms with E-state index in [0.29, 0.717) is 0 Å². The van der Waals surface area contributed by atoms with Crippen LogP contribution in [0.4, 0.5) is 0 Å². The Bertz CT molecular complexity index is 551. The maximum absolute atomic E-state index is 6.35. The second-order valence-corrected chi connectivity index (χ2v) is 6.89. The molecule has 0 spiro atoms. The molecular formula is C15H19BrN2OS. The minimum Gasteiger partial charge on any atom is -0.467 e. The summed E-state index contributed by atoms with van der Waals surface area (Å²) in [7, 11) is 0. The van der Waals surface area contributed by atoms with Crippen LogP contribution in [-0.4, -0.2) is 22.3 Å². The number of unbranched alkanes of at least 4 members (excludes halogenated alkanes) is 1. The van der Waals surface area contributed by atoms with Crippen LogP contribution >= 0.6 is 28.1 Å². The number of hydrogen-bond acceptors (Lipinski definition) is 2. The first-order valence-electron chi connectivity index (χ1n) is 7.11. The first kappa shape index (κ1) is 14.1. The third kappa shape index (κ3) is 2.21. The molecule has 2 aliphatic rings.